The van der Waals surface area contributed by atoms with Gasteiger partial charge < -0.3 is 5.32 Å². The number of amides is 1. The van der Waals surface area contributed by atoms with E-state index in [1.807, 2.05) is 13.8 Å². The molecule has 0 radical (unpaired) electrons. The number of ketones is 1. The molecular formula is C12H20N2O3. The van der Waals surface area contributed by atoms with Crippen molar-refractivity contribution in [3.8, 4) is 0 Å². The third kappa shape index (κ3) is 3.06. The number of Topliss-reactive ketones (excluding diaryl/α,β-unsaturated/α-hetero) is 1. The van der Waals surface area contributed by atoms with Crippen LogP contribution in [0.3, 0.4) is 0 Å². The Kier molecular flexibility index (Phi) is 4.69. The first-order valence-corrected chi connectivity index (χ1v) is 5.96. The van der Waals surface area contributed by atoms with Crippen molar-refractivity contribution >= 4 is 11.7 Å². The van der Waals surface area contributed by atoms with Crippen molar-refractivity contribution < 1.29 is 14.4 Å². The van der Waals surface area contributed by atoms with Gasteiger partial charge in [-0.2, -0.15) is 0 Å². The lowest BCUT2D eigenvalue weighted by Crippen LogP contribution is -2.41. The van der Waals surface area contributed by atoms with Gasteiger partial charge in [0.2, 0.25) is 0 Å². The van der Waals surface area contributed by atoms with E-state index in [1.54, 1.807) is 13.8 Å². The highest BCUT2D eigenvalue weighted by molar-refractivity contribution is 5.95. The van der Waals surface area contributed by atoms with Crippen LogP contribution < -0.4 is 10.8 Å². The number of nitrogens with one attached hydrogen (secondary N) is 2. The zero-order chi connectivity index (χ0) is 13.0. The van der Waals surface area contributed by atoms with Gasteiger partial charge in [0.05, 0.1) is 0 Å². The second kappa shape index (κ2) is 5.82. The Balaban J connectivity index is 2.83. The molecule has 1 fully saturated rings. The number of hydroxylamine groups is 1. The number of hydrogen-bond donors (Lipinski definition) is 2. The highest BCUT2D eigenvalue weighted by Crippen LogP contribution is 2.13. The SMILES string of the molecule is CCC(=O)C(C)=C(CC)NC1C(=O)NOC1C. The molecule has 2 atom stereocenters. The summed E-state index contributed by atoms with van der Waals surface area (Å²) >= 11 is 0. The molecule has 1 rings (SSSR count). The molecule has 2 N–H and O–H groups in total. The van der Waals surface area contributed by atoms with Crippen LogP contribution in [0.5, 0.6) is 0 Å². The molecule has 5 heteroatoms. The summed E-state index contributed by atoms with van der Waals surface area (Å²) in [4.78, 5) is 28.1. The molecule has 0 spiro atoms. The molecule has 17 heavy (non-hydrogen) atoms. The summed E-state index contributed by atoms with van der Waals surface area (Å²) in [7, 11) is 0. The molecule has 1 aliphatic rings. The van der Waals surface area contributed by atoms with Gasteiger partial charge in [-0.15, -0.1) is 0 Å². The molecule has 96 valence electrons. The summed E-state index contributed by atoms with van der Waals surface area (Å²) < 4.78 is 0. The Hall–Kier alpha value is -1.36. The first-order valence-electron chi connectivity index (χ1n) is 5.96. The standard InChI is InChI=1S/C12H20N2O3/c1-5-9(7(3)10(15)6-2)13-11-8(4)17-14-12(11)16/h8,11,13H,5-6H2,1-4H3,(H,14,16). The van der Waals surface area contributed by atoms with Crippen LogP contribution in [0.25, 0.3) is 0 Å². The van der Waals surface area contributed by atoms with Crippen molar-refractivity contribution in [3.05, 3.63) is 11.3 Å². The van der Waals surface area contributed by atoms with Gasteiger partial charge in [-0.05, 0) is 20.3 Å². The van der Waals surface area contributed by atoms with Gasteiger partial charge in [-0.25, -0.2) is 5.48 Å². The fourth-order valence-electron chi connectivity index (χ4n) is 1.78. The Labute approximate surface area is 102 Å². The average Bonchev–Trinajstić information content (AvgIpc) is 2.64. The molecule has 1 amide bonds. The van der Waals surface area contributed by atoms with E-state index >= 15 is 0 Å². The van der Waals surface area contributed by atoms with Crippen LogP contribution in [-0.4, -0.2) is 23.8 Å². The summed E-state index contributed by atoms with van der Waals surface area (Å²) in [6.07, 6.45) is 0.919. The third-order valence-corrected chi connectivity index (χ3v) is 2.97. The van der Waals surface area contributed by atoms with Crippen molar-refractivity contribution in [3.63, 3.8) is 0 Å². The molecule has 0 aromatic carbocycles. The van der Waals surface area contributed by atoms with Crippen LogP contribution in [0.4, 0.5) is 0 Å². The Morgan fingerprint density at radius 2 is 2.06 bits per heavy atom. The normalized spacial score (nSPS) is 25.3. The quantitative estimate of drug-likeness (QED) is 0.705. The Bertz CT molecular complexity index is 350. The van der Waals surface area contributed by atoms with E-state index in [-0.39, 0.29) is 17.8 Å². The molecule has 2 unspecified atom stereocenters. The first kappa shape index (κ1) is 13.7. The monoisotopic (exact) mass is 240 g/mol. The predicted octanol–water partition coefficient (Wildman–Crippen LogP) is 1.06. The van der Waals surface area contributed by atoms with Gasteiger partial charge in [0.25, 0.3) is 5.91 Å². The molecule has 0 aliphatic carbocycles. The van der Waals surface area contributed by atoms with Crippen LogP contribution in [-0.2, 0) is 14.4 Å². The lowest BCUT2D eigenvalue weighted by molar-refractivity contribution is -0.125. The lowest BCUT2D eigenvalue weighted by atomic mass is 10.1. The smallest absolute Gasteiger partial charge is 0.268 e. The molecule has 0 aromatic heterocycles. The zero-order valence-corrected chi connectivity index (χ0v) is 10.8. The molecule has 0 saturated carbocycles. The number of carbonyl (C=O) groups excluding carboxylic acids is 2. The summed E-state index contributed by atoms with van der Waals surface area (Å²) in [5.41, 5.74) is 3.83. The van der Waals surface area contributed by atoms with Crippen molar-refractivity contribution in [1.29, 1.82) is 0 Å². The van der Waals surface area contributed by atoms with Crippen LogP contribution in [0.2, 0.25) is 0 Å². The topological polar surface area (TPSA) is 67.4 Å². The van der Waals surface area contributed by atoms with Crippen molar-refractivity contribution in [2.45, 2.75) is 52.7 Å². The summed E-state index contributed by atoms with van der Waals surface area (Å²) in [5, 5.41) is 3.10. The van der Waals surface area contributed by atoms with Crippen LogP contribution >= 0.6 is 0 Å². The van der Waals surface area contributed by atoms with Gasteiger partial charge in [0.15, 0.2) is 5.78 Å². The van der Waals surface area contributed by atoms with Crippen molar-refractivity contribution in [2.24, 2.45) is 0 Å². The van der Waals surface area contributed by atoms with E-state index in [4.69, 9.17) is 4.84 Å². The molecular weight excluding hydrogens is 220 g/mol. The van der Waals surface area contributed by atoms with E-state index in [0.717, 1.165) is 5.70 Å². The van der Waals surface area contributed by atoms with E-state index in [9.17, 15) is 9.59 Å². The Morgan fingerprint density at radius 1 is 1.41 bits per heavy atom. The number of rotatable bonds is 5. The summed E-state index contributed by atoms with van der Waals surface area (Å²) in [6.45, 7) is 7.37. The minimum absolute atomic E-state index is 0.0985. The van der Waals surface area contributed by atoms with Crippen LogP contribution in [0.15, 0.2) is 11.3 Å². The molecule has 0 aromatic rings. The predicted molar refractivity (Wildman–Crippen MR) is 63.9 cm³/mol. The maximum Gasteiger partial charge on any atom is 0.268 e. The maximum atomic E-state index is 11.6. The van der Waals surface area contributed by atoms with Crippen LogP contribution in [0, 0.1) is 0 Å². The lowest BCUT2D eigenvalue weighted by Gasteiger charge is -2.18. The first-order chi connectivity index (χ1) is 8.01. The van der Waals surface area contributed by atoms with Gasteiger partial charge in [-0.1, -0.05) is 13.8 Å². The van der Waals surface area contributed by atoms with E-state index in [2.05, 4.69) is 10.8 Å². The maximum absolute atomic E-state index is 11.6. The second-order valence-corrected chi connectivity index (χ2v) is 4.15. The van der Waals surface area contributed by atoms with E-state index in [0.29, 0.717) is 18.4 Å². The molecule has 1 saturated heterocycles. The van der Waals surface area contributed by atoms with Gasteiger partial charge in [0.1, 0.15) is 12.1 Å². The molecule has 5 nitrogen and oxygen atoms in total. The number of allylic oxidation sites excluding steroid dienone is 2. The highest BCUT2D eigenvalue weighted by Gasteiger charge is 2.33. The van der Waals surface area contributed by atoms with Gasteiger partial charge in [0, 0.05) is 17.7 Å². The minimum atomic E-state index is -0.426. The Morgan fingerprint density at radius 3 is 2.47 bits per heavy atom. The fraction of sp³-hybridized carbons (Fsp3) is 0.667. The van der Waals surface area contributed by atoms with Gasteiger partial charge in [-0.3, -0.25) is 14.4 Å². The van der Waals surface area contributed by atoms with E-state index in [1.165, 1.54) is 0 Å². The van der Waals surface area contributed by atoms with Crippen LogP contribution in [0.1, 0.15) is 40.5 Å². The average molecular weight is 240 g/mol. The molecule has 1 heterocycles. The second-order valence-electron chi connectivity index (χ2n) is 4.15. The van der Waals surface area contributed by atoms with Crippen molar-refractivity contribution in [1.82, 2.24) is 10.8 Å². The summed E-state index contributed by atoms with van der Waals surface area (Å²) in [5.74, 6) is -0.0958. The summed E-state index contributed by atoms with van der Waals surface area (Å²) in [6, 6.07) is -0.426. The number of hydrogen-bond acceptors (Lipinski definition) is 4. The number of carbonyl (C=O) groups is 2. The third-order valence-electron chi connectivity index (χ3n) is 2.97. The van der Waals surface area contributed by atoms with E-state index < -0.39 is 6.04 Å². The fourth-order valence-corrected chi connectivity index (χ4v) is 1.78. The zero-order valence-electron chi connectivity index (χ0n) is 10.8. The largest absolute Gasteiger partial charge is 0.375 e. The van der Waals surface area contributed by atoms with Gasteiger partial charge >= 0.3 is 0 Å². The minimum Gasteiger partial charge on any atom is -0.375 e. The molecule has 1 aliphatic heterocycles. The highest BCUT2D eigenvalue weighted by atomic mass is 16.7. The molecule has 0 bridgehead atoms. The van der Waals surface area contributed by atoms with Crippen molar-refractivity contribution in [2.75, 3.05) is 0 Å².